The Bertz CT molecular complexity index is 388. The summed E-state index contributed by atoms with van der Waals surface area (Å²) in [7, 11) is 0. The zero-order valence-electron chi connectivity index (χ0n) is 12.6. The first-order chi connectivity index (χ1) is 8.69. The summed E-state index contributed by atoms with van der Waals surface area (Å²) in [5.74, 6) is 1.17. The molecule has 1 fully saturated rings. The maximum absolute atomic E-state index is 5.79. The van der Waals surface area contributed by atoms with Gasteiger partial charge in [0.2, 0.25) is 0 Å². The zero-order valence-corrected chi connectivity index (χ0v) is 15.8. The van der Waals surface area contributed by atoms with E-state index in [1.165, 1.54) is 5.56 Å². The van der Waals surface area contributed by atoms with E-state index in [1.807, 2.05) is 6.07 Å². The Morgan fingerprint density at radius 3 is 2.50 bits per heavy atom. The van der Waals surface area contributed by atoms with Crippen LogP contribution in [0, 0.1) is 12.8 Å². The van der Waals surface area contributed by atoms with Crippen molar-refractivity contribution in [3.8, 4) is 0 Å². The predicted molar refractivity (Wildman–Crippen MR) is 103 cm³/mol. The van der Waals surface area contributed by atoms with Crippen molar-refractivity contribution in [1.29, 1.82) is 0 Å². The SMILES string of the molecule is Cc1cc(N)nc(C[C@H]2CNC[C@H]2NCCN)c1.Cl.Cl.Cl.Cl. The number of nitrogens with two attached hydrogens (primary N) is 2. The summed E-state index contributed by atoms with van der Waals surface area (Å²) in [6.45, 7) is 5.63. The van der Waals surface area contributed by atoms with Crippen molar-refractivity contribution >= 4 is 55.4 Å². The van der Waals surface area contributed by atoms with Gasteiger partial charge in [-0.25, -0.2) is 4.98 Å². The van der Waals surface area contributed by atoms with Gasteiger partial charge in [-0.1, -0.05) is 0 Å². The molecule has 0 spiro atoms. The van der Waals surface area contributed by atoms with Crippen LogP contribution in [0.5, 0.6) is 0 Å². The summed E-state index contributed by atoms with van der Waals surface area (Å²) in [5, 5.41) is 6.90. The monoisotopic (exact) mass is 393 g/mol. The topological polar surface area (TPSA) is 89.0 Å². The van der Waals surface area contributed by atoms with Crippen LogP contribution in [0.4, 0.5) is 5.82 Å². The van der Waals surface area contributed by atoms with E-state index < -0.39 is 0 Å². The Morgan fingerprint density at radius 2 is 1.91 bits per heavy atom. The van der Waals surface area contributed by atoms with Crippen LogP contribution in [0.3, 0.4) is 0 Å². The van der Waals surface area contributed by atoms with E-state index in [0.29, 0.717) is 24.3 Å². The molecule has 1 aliphatic rings. The van der Waals surface area contributed by atoms with Gasteiger partial charge >= 0.3 is 0 Å². The number of nitrogens with zero attached hydrogens (tertiary/aromatic N) is 1. The molecule has 0 amide bonds. The molecule has 0 radical (unpaired) electrons. The van der Waals surface area contributed by atoms with Crippen LogP contribution in [0.25, 0.3) is 0 Å². The number of nitrogens with one attached hydrogen (secondary N) is 2. The Labute approximate surface area is 157 Å². The molecule has 5 nitrogen and oxygen atoms in total. The van der Waals surface area contributed by atoms with Gasteiger partial charge in [0.25, 0.3) is 0 Å². The fourth-order valence-electron chi connectivity index (χ4n) is 2.60. The molecule has 2 heterocycles. The third kappa shape index (κ3) is 8.02. The average Bonchev–Trinajstić information content (AvgIpc) is 2.72. The lowest BCUT2D eigenvalue weighted by atomic mass is 9.97. The highest BCUT2D eigenvalue weighted by Gasteiger charge is 2.26. The molecule has 1 saturated heterocycles. The number of hydrogen-bond acceptors (Lipinski definition) is 5. The van der Waals surface area contributed by atoms with Gasteiger partial charge in [-0.2, -0.15) is 0 Å². The van der Waals surface area contributed by atoms with Crippen LogP contribution in [0.1, 0.15) is 11.3 Å². The molecule has 0 unspecified atom stereocenters. The van der Waals surface area contributed by atoms with Gasteiger partial charge in [-0.05, 0) is 43.5 Å². The van der Waals surface area contributed by atoms with Crippen molar-refractivity contribution in [2.75, 3.05) is 31.9 Å². The van der Waals surface area contributed by atoms with Crippen molar-refractivity contribution < 1.29 is 0 Å². The van der Waals surface area contributed by atoms with Gasteiger partial charge < -0.3 is 22.1 Å². The van der Waals surface area contributed by atoms with E-state index in [2.05, 4.69) is 28.6 Å². The lowest BCUT2D eigenvalue weighted by molar-refractivity contribution is 0.426. The van der Waals surface area contributed by atoms with Crippen molar-refractivity contribution in [3.63, 3.8) is 0 Å². The number of aromatic nitrogens is 1. The largest absolute Gasteiger partial charge is 0.384 e. The third-order valence-corrected chi connectivity index (χ3v) is 3.40. The van der Waals surface area contributed by atoms with E-state index in [0.717, 1.165) is 31.7 Å². The molecule has 1 aromatic heterocycles. The Balaban J connectivity index is -0.000000902. The summed E-state index contributed by atoms with van der Waals surface area (Å²) in [6, 6.07) is 4.51. The van der Waals surface area contributed by atoms with Crippen LogP contribution >= 0.6 is 49.6 Å². The smallest absolute Gasteiger partial charge is 0.123 e. The highest BCUT2D eigenvalue weighted by molar-refractivity contribution is 5.86. The molecule has 1 aromatic rings. The van der Waals surface area contributed by atoms with Gasteiger partial charge in [0.1, 0.15) is 5.82 Å². The summed E-state index contributed by atoms with van der Waals surface area (Å²) >= 11 is 0. The third-order valence-electron chi connectivity index (χ3n) is 3.40. The number of aryl methyl sites for hydroxylation is 1. The normalized spacial score (nSPS) is 19.2. The highest BCUT2D eigenvalue weighted by Crippen LogP contribution is 2.16. The first-order valence-corrected chi connectivity index (χ1v) is 6.56. The molecule has 22 heavy (non-hydrogen) atoms. The fraction of sp³-hybridized carbons (Fsp3) is 0.615. The van der Waals surface area contributed by atoms with Gasteiger partial charge in [0.15, 0.2) is 0 Å². The molecule has 6 N–H and O–H groups in total. The van der Waals surface area contributed by atoms with E-state index >= 15 is 0 Å². The van der Waals surface area contributed by atoms with Crippen LogP contribution in [0.2, 0.25) is 0 Å². The predicted octanol–water partition coefficient (Wildman–Crippen LogP) is 1.34. The Morgan fingerprint density at radius 1 is 1.23 bits per heavy atom. The number of nitrogen functional groups attached to an aromatic ring is 1. The lowest BCUT2D eigenvalue weighted by Gasteiger charge is -2.19. The fourth-order valence-corrected chi connectivity index (χ4v) is 2.60. The lowest BCUT2D eigenvalue weighted by Crippen LogP contribution is -2.39. The molecule has 1 aliphatic heterocycles. The highest BCUT2D eigenvalue weighted by atomic mass is 35.5. The van der Waals surface area contributed by atoms with E-state index in [9.17, 15) is 0 Å². The minimum atomic E-state index is 0. The number of halogens is 4. The van der Waals surface area contributed by atoms with Gasteiger partial charge in [-0.15, -0.1) is 49.6 Å². The molecule has 2 atom stereocenters. The summed E-state index contributed by atoms with van der Waals surface area (Å²) < 4.78 is 0. The Hall–Kier alpha value is -0.01000. The molecule has 2 rings (SSSR count). The number of pyridine rings is 1. The zero-order chi connectivity index (χ0) is 13.0. The van der Waals surface area contributed by atoms with Gasteiger partial charge in [-0.3, -0.25) is 0 Å². The summed E-state index contributed by atoms with van der Waals surface area (Å²) in [6.07, 6.45) is 0.959. The molecule has 132 valence electrons. The summed E-state index contributed by atoms with van der Waals surface area (Å²) in [4.78, 5) is 4.41. The average molecular weight is 395 g/mol. The van der Waals surface area contributed by atoms with Crippen molar-refractivity contribution in [3.05, 3.63) is 23.4 Å². The van der Waals surface area contributed by atoms with Crippen molar-refractivity contribution in [1.82, 2.24) is 15.6 Å². The molecule has 0 aliphatic carbocycles. The van der Waals surface area contributed by atoms with E-state index in [-0.39, 0.29) is 49.6 Å². The maximum Gasteiger partial charge on any atom is 0.123 e. The van der Waals surface area contributed by atoms with Crippen molar-refractivity contribution in [2.45, 2.75) is 19.4 Å². The second kappa shape index (κ2) is 13.4. The quantitative estimate of drug-likeness (QED) is 0.605. The van der Waals surface area contributed by atoms with E-state index in [4.69, 9.17) is 11.5 Å². The molecule has 0 bridgehead atoms. The van der Waals surface area contributed by atoms with Gasteiger partial charge in [0.05, 0.1) is 0 Å². The number of rotatable bonds is 5. The number of hydrogen-bond donors (Lipinski definition) is 4. The van der Waals surface area contributed by atoms with Crippen LogP contribution in [-0.2, 0) is 6.42 Å². The minimum Gasteiger partial charge on any atom is -0.384 e. The van der Waals surface area contributed by atoms with Gasteiger partial charge in [0, 0.05) is 31.4 Å². The molecule has 0 saturated carbocycles. The van der Waals surface area contributed by atoms with E-state index in [1.54, 1.807) is 0 Å². The summed E-state index contributed by atoms with van der Waals surface area (Å²) in [5.41, 5.74) is 13.6. The standard InChI is InChI=1S/C13H23N5.4ClH/c1-9-4-11(18-13(15)5-9)6-10-7-16-8-12(10)17-3-2-14;;;;/h4-5,10,12,16-17H,2-3,6-8,14H2,1H3,(H2,15,18);4*1H/t10-,12+;;;;/m0..../s1. The van der Waals surface area contributed by atoms with Crippen LogP contribution in [0.15, 0.2) is 12.1 Å². The Kier molecular flexibility index (Phi) is 16.4. The minimum absolute atomic E-state index is 0. The first kappa shape index (κ1) is 26.9. The van der Waals surface area contributed by atoms with Crippen molar-refractivity contribution in [2.24, 2.45) is 11.7 Å². The molecular weight excluding hydrogens is 368 g/mol. The first-order valence-electron chi connectivity index (χ1n) is 6.56. The molecular formula is C13H27Cl4N5. The maximum atomic E-state index is 5.79. The van der Waals surface area contributed by atoms with Crippen LogP contribution < -0.4 is 22.1 Å². The molecule has 9 heteroatoms. The molecule has 0 aromatic carbocycles. The van der Waals surface area contributed by atoms with Crippen LogP contribution in [-0.4, -0.2) is 37.2 Å². The number of anilines is 1. The second-order valence-electron chi connectivity index (χ2n) is 5.03. The second-order valence-corrected chi connectivity index (χ2v) is 5.03.